The van der Waals surface area contributed by atoms with Crippen LogP contribution in [0.1, 0.15) is 39.0 Å². The standard InChI is InChI=1S/C12H22F3NO/c1-8(16)7-9-3-5-10(6-4-9)11(17-2)12(13,14)15/h8-11H,3-7,16H2,1-2H3. The summed E-state index contributed by atoms with van der Waals surface area (Å²) in [5, 5.41) is 0. The van der Waals surface area contributed by atoms with Crippen molar-refractivity contribution in [3.05, 3.63) is 0 Å². The highest BCUT2D eigenvalue weighted by atomic mass is 19.4. The Labute approximate surface area is 101 Å². The molecule has 0 aromatic rings. The maximum Gasteiger partial charge on any atom is 0.414 e. The largest absolute Gasteiger partial charge is 0.414 e. The fourth-order valence-electron chi connectivity index (χ4n) is 2.85. The molecule has 102 valence electrons. The molecule has 17 heavy (non-hydrogen) atoms. The SMILES string of the molecule is COC(C1CCC(CC(C)N)CC1)C(F)(F)F. The molecule has 0 spiro atoms. The lowest BCUT2D eigenvalue weighted by Crippen LogP contribution is -2.39. The topological polar surface area (TPSA) is 35.2 Å². The van der Waals surface area contributed by atoms with Crippen LogP contribution in [0.3, 0.4) is 0 Å². The van der Waals surface area contributed by atoms with Crippen LogP contribution in [0.4, 0.5) is 13.2 Å². The highest BCUT2D eigenvalue weighted by molar-refractivity contribution is 4.83. The number of rotatable bonds is 4. The molecular formula is C12H22F3NO. The number of halogens is 3. The van der Waals surface area contributed by atoms with E-state index in [0.717, 1.165) is 26.4 Å². The van der Waals surface area contributed by atoms with Crippen molar-refractivity contribution in [3.63, 3.8) is 0 Å². The number of ether oxygens (including phenoxy) is 1. The predicted molar refractivity (Wildman–Crippen MR) is 60.6 cm³/mol. The third kappa shape index (κ3) is 4.47. The summed E-state index contributed by atoms with van der Waals surface area (Å²) in [6.07, 6.45) is -2.07. The second-order valence-electron chi connectivity index (χ2n) is 5.19. The highest BCUT2D eigenvalue weighted by Crippen LogP contribution is 2.39. The Morgan fingerprint density at radius 1 is 1.24 bits per heavy atom. The van der Waals surface area contributed by atoms with Crippen molar-refractivity contribution >= 4 is 0 Å². The Morgan fingerprint density at radius 2 is 1.76 bits per heavy atom. The summed E-state index contributed by atoms with van der Waals surface area (Å²) in [5.74, 6) is 0.0984. The molecule has 0 bridgehead atoms. The van der Waals surface area contributed by atoms with Crippen LogP contribution in [-0.4, -0.2) is 25.4 Å². The van der Waals surface area contributed by atoms with E-state index >= 15 is 0 Å². The quantitative estimate of drug-likeness (QED) is 0.835. The normalized spacial score (nSPS) is 30.0. The fraction of sp³-hybridized carbons (Fsp3) is 1.00. The van der Waals surface area contributed by atoms with Crippen molar-refractivity contribution in [2.75, 3.05) is 7.11 Å². The lowest BCUT2D eigenvalue weighted by atomic mass is 9.77. The summed E-state index contributed by atoms with van der Waals surface area (Å²) in [6.45, 7) is 1.94. The minimum Gasteiger partial charge on any atom is -0.372 e. The molecule has 0 aromatic heterocycles. The van der Waals surface area contributed by atoms with Gasteiger partial charge in [0.2, 0.25) is 0 Å². The lowest BCUT2D eigenvalue weighted by molar-refractivity contribution is -0.231. The van der Waals surface area contributed by atoms with Gasteiger partial charge in [-0.05, 0) is 38.0 Å². The molecule has 0 aliphatic heterocycles. The molecule has 2 N–H and O–H groups in total. The van der Waals surface area contributed by atoms with Crippen LogP contribution < -0.4 is 5.73 Å². The summed E-state index contributed by atoms with van der Waals surface area (Å²) in [6, 6.07) is 0.136. The highest BCUT2D eigenvalue weighted by Gasteiger charge is 2.45. The Bertz CT molecular complexity index is 222. The number of hydrogen-bond acceptors (Lipinski definition) is 2. The minimum absolute atomic E-state index is 0.136. The van der Waals surface area contributed by atoms with E-state index in [1.54, 1.807) is 0 Å². The van der Waals surface area contributed by atoms with Crippen molar-refractivity contribution in [2.45, 2.75) is 57.3 Å². The van der Waals surface area contributed by atoms with E-state index in [9.17, 15) is 13.2 Å². The third-order valence-corrected chi connectivity index (χ3v) is 3.60. The molecule has 1 rings (SSSR count). The summed E-state index contributed by atoms with van der Waals surface area (Å²) in [5.41, 5.74) is 5.71. The first-order chi connectivity index (χ1) is 7.84. The predicted octanol–water partition coefficient (Wildman–Crippen LogP) is 3.11. The van der Waals surface area contributed by atoms with Gasteiger partial charge in [0.25, 0.3) is 0 Å². The summed E-state index contributed by atoms with van der Waals surface area (Å²) in [7, 11) is 1.15. The van der Waals surface area contributed by atoms with Crippen LogP contribution in [0.15, 0.2) is 0 Å². The van der Waals surface area contributed by atoms with Gasteiger partial charge in [-0.2, -0.15) is 13.2 Å². The first kappa shape index (κ1) is 14.8. The van der Waals surface area contributed by atoms with Gasteiger partial charge in [-0.1, -0.05) is 12.8 Å². The van der Waals surface area contributed by atoms with Gasteiger partial charge < -0.3 is 10.5 Å². The molecule has 1 saturated carbocycles. The summed E-state index contributed by atoms with van der Waals surface area (Å²) in [4.78, 5) is 0. The van der Waals surface area contributed by atoms with E-state index < -0.39 is 12.3 Å². The Morgan fingerprint density at radius 3 is 2.12 bits per heavy atom. The number of hydrogen-bond donors (Lipinski definition) is 1. The van der Waals surface area contributed by atoms with Crippen molar-refractivity contribution < 1.29 is 17.9 Å². The van der Waals surface area contributed by atoms with Crippen LogP contribution in [0.2, 0.25) is 0 Å². The molecule has 2 nitrogen and oxygen atoms in total. The van der Waals surface area contributed by atoms with Gasteiger partial charge in [0, 0.05) is 13.2 Å². The van der Waals surface area contributed by atoms with Gasteiger partial charge >= 0.3 is 6.18 Å². The van der Waals surface area contributed by atoms with Crippen LogP contribution in [0.25, 0.3) is 0 Å². The zero-order valence-corrected chi connectivity index (χ0v) is 10.5. The monoisotopic (exact) mass is 253 g/mol. The smallest absolute Gasteiger partial charge is 0.372 e. The molecular weight excluding hydrogens is 231 g/mol. The lowest BCUT2D eigenvalue weighted by Gasteiger charge is -2.34. The average molecular weight is 253 g/mol. The molecule has 0 amide bonds. The maximum atomic E-state index is 12.7. The van der Waals surface area contributed by atoms with E-state index in [0.29, 0.717) is 18.8 Å². The van der Waals surface area contributed by atoms with Gasteiger partial charge in [0.15, 0.2) is 6.10 Å². The van der Waals surface area contributed by atoms with Crippen molar-refractivity contribution in [3.8, 4) is 0 Å². The van der Waals surface area contributed by atoms with E-state index in [1.807, 2.05) is 6.92 Å². The third-order valence-electron chi connectivity index (χ3n) is 3.60. The number of methoxy groups -OCH3 is 1. The summed E-state index contributed by atoms with van der Waals surface area (Å²) >= 11 is 0. The molecule has 0 saturated heterocycles. The zero-order valence-electron chi connectivity index (χ0n) is 10.5. The van der Waals surface area contributed by atoms with Crippen LogP contribution in [0.5, 0.6) is 0 Å². The molecule has 5 heteroatoms. The number of nitrogens with two attached hydrogens (primary N) is 1. The molecule has 2 atom stereocenters. The first-order valence-electron chi connectivity index (χ1n) is 6.19. The van der Waals surface area contributed by atoms with Crippen molar-refractivity contribution in [2.24, 2.45) is 17.6 Å². The zero-order chi connectivity index (χ0) is 13.1. The molecule has 1 aliphatic carbocycles. The van der Waals surface area contributed by atoms with Crippen LogP contribution in [-0.2, 0) is 4.74 Å². The molecule has 2 unspecified atom stereocenters. The van der Waals surface area contributed by atoms with Gasteiger partial charge in [0.05, 0.1) is 0 Å². The maximum absolute atomic E-state index is 12.7. The molecule has 0 heterocycles. The van der Waals surface area contributed by atoms with Crippen molar-refractivity contribution in [1.29, 1.82) is 0 Å². The van der Waals surface area contributed by atoms with Crippen molar-refractivity contribution in [1.82, 2.24) is 0 Å². The van der Waals surface area contributed by atoms with Gasteiger partial charge in [-0.25, -0.2) is 0 Å². The Balaban J connectivity index is 2.45. The van der Waals surface area contributed by atoms with E-state index in [-0.39, 0.29) is 12.0 Å². The number of alkyl halides is 3. The second kappa shape index (κ2) is 6.05. The molecule has 1 aliphatic rings. The minimum atomic E-state index is -4.24. The first-order valence-corrected chi connectivity index (χ1v) is 6.19. The fourth-order valence-corrected chi connectivity index (χ4v) is 2.85. The van der Waals surface area contributed by atoms with Gasteiger partial charge in [0.1, 0.15) is 0 Å². The summed E-state index contributed by atoms with van der Waals surface area (Å²) < 4.78 is 42.6. The van der Waals surface area contributed by atoms with E-state index in [2.05, 4.69) is 4.74 Å². The molecule has 1 fully saturated rings. The van der Waals surface area contributed by atoms with E-state index in [4.69, 9.17) is 5.73 Å². The molecule has 0 radical (unpaired) electrons. The van der Waals surface area contributed by atoms with Gasteiger partial charge in [-0.15, -0.1) is 0 Å². The Kier molecular flexibility index (Phi) is 5.25. The molecule has 0 aromatic carbocycles. The van der Waals surface area contributed by atoms with Crippen LogP contribution in [0, 0.1) is 11.8 Å². The van der Waals surface area contributed by atoms with Gasteiger partial charge in [-0.3, -0.25) is 0 Å². The van der Waals surface area contributed by atoms with Crippen LogP contribution >= 0.6 is 0 Å². The average Bonchev–Trinajstić information content (AvgIpc) is 2.18. The Hall–Kier alpha value is -0.290. The van der Waals surface area contributed by atoms with E-state index in [1.165, 1.54) is 0 Å². The second-order valence-corrected chi connectivity index (χ2v) is 5.19.